The van der Waals surface area contributed by atoms with E-state index in [9.17, 15) is 0 Å². The predicted molar refractivity (Wildman–Crippen MR) is 53.4 cm³/mol. The van der Waals surface area contributed by atoms with E-state index in [1.165, 1.54) is 30.4 Å². The molecule has 0 fully saturated rings. The van der Waals surface area contributed by atoms with Crippen LogP contribution in [0.5, 0.6) is 0 Å². The smallest absolute Gasteiger partial charge is 0.123 e. The van der Waals surface area contributed by atoms with Crippen molar-refractivity contribution in [1.29, 1.82) is 0 Å². The molecule has 0 aliphatic heterocycles. The highest BCUT2D eigenvalue weighted by Gasteiger charge is 2.10. The van der Waals surface area contributed by atoms with Crippen molar-refractivity contribution >= 4 is 0 Å². The summed E-state index contributed by atoms with van der Waals surface area (Å²) in [7, 11) is 0. The van der Waals surface area contributed by atoms with E-state index in [1.807, 2.05) is 4.57 Å². The molecule has 14 heavy (non-hydrogen) atoms. The fourth-order valence-electron chi connectivity index (χ4n) is 2.05. The van der Waals surface area contributed by atoms with Gasteiger partial charge in [-0.1, -0.05) is 6.07 Å². The van der Waals surface area contributed by atoms with Gasteiger partial charge in [0.25, 0.3) is 0 Å². The first-order chi connectivity index (χ1) is 6.93. The van der Waals surface area contributed by atoms with Crippen LogP contribution in [0.2, 0.25) is 0 Å². The number of rotatable bonds is 1. The predicted octanol–water partition coefficient (Wildman–Crippen LogP) is 1.76. The average molecular weight is 185 g/mol. The monoisotopic (exact) mass is 185 g/mol. The van der Waals surface area contributed by atoms with Crippen molar-refractivity contribution in [3.05, 3.63) is 42.0 Å². The highest BCUT2D eigenvalue weighted by molar-refractivity contribution is 5.42. The van der Waals surface area contributed by atoms with Crippen LogP contribution in [0, 0.1) is 0 Å². The minimum Gasteiger partial charge on any atom is -0.288 e. The van der Waals surface area contributed by atoms with Crippen molar-refractivity contribution in [2.45, 2.75) is 19.3 Å². The second kappa shape index (κ2) is 2.94. The Labute approximate surface area is 82.4 Å². The Morgan fingerprint density at radius 3 is 2.64 bits per heavy atom. The van der Waals surface area contributed by atoms with Crippen molar-refractivity contribution in [3.63, 3.8) is 0 Å². The van der Waals surface area contributed by atoms with Crippen LogP contribution < -0.4 is 0 Å². The summed E-state index contributed by atoms with van der Waals surface area (Å²) < 4.78 is 1.94. The number of hydrogen-bond acceptors (Lipinski definition) is 2. The lowest BCUT2D eigenvalue weighted by Gasteiger charge is -2.04. The third-order valence-corrected chi connectivity index (χ3v) is 2.80. The molecular weight excluding hydrogens is 174 g/mol. The van der Waals surface area contributed by atoms with Crippen LogP contribution in [-0.4, -0.2) is 14.8 Å². The van der Waals surface area contributed by atoms with E-state index < -0.39 is 0 Å². The van der Waals surface area contributed by atoms with E-state index in [1.54, 1.807) is 12.7 Å². The van der Waals surface area contributed by atoms with Gasteiger partial charge in [-0.2, -0.15) is 0 Å². The van der Waals surface area contributed by atoms with Crippen molar-refractivity contribution in [1.82, 2.24) is 14.8 Å². The summed E-state index contributed by atoms with van der Waals surface area (Å²) in [5.41, 5.74) is 4.15. The largest absolute Gasteiger partial charge is 0.288 e. The van der Waals surface area contributed by atoms with Crippen LogP contribution >= 0.6 is 0 Å². The average Bonchev–Trinajstić information content (AvgIpc) is 2.88. The van der Waals surface area contributed by atoms with Crippen LogP contribution in [0.1, 0.15) is 17.5 Å². The van der Waals surface area contributed by atoms with Gasteiger partial charge in [0.2, 0.25) is 0 Å². The number of aryl methyl sites for hydroxylation is 2. The molecule has 0 bridgehead atoms. The summed E-state index contributed by atoms with van der Waals surface area (Å²) in [6, 6.07) is 6.59. The van der Waals surface area contributed by atoms with Gasteiger partial charge in [-0.15, -0.1) is 10.2 Å². The molecule has 70 valence electrons. The maximum Gasteiger partial charge on any atom is 0.123 e. The Hall–Kier alpha value is -1.64. The third kappa shape index (κ3) is 1.13. The van der Waals surface area contributed by atoms with Crippen molar-refractivity contribution in [2.75, 3.05) is 0 Å². The van der Waals surface area contributed by atoms with E-state index >= 15 is 0 Å². The number of nitrogens with zero attached hydrogens (tertiary/aromatic N) is 3. The van der Waals surface area contributed by atoms with Crippen LogP contribution in [0.15, 0.2) is 30.9 Å². The lowest BCUT2D eigenvalue weighted by Crippen LogP contribution is -1.92. The number of fused-ring (bicyclic) bond motifs is 1. The zero-order chi connectivity index (χ0) is 9.38. The molecular formula is C11H11N3. The maximum atomic E-state index is 3.81. The second-order valence-electron chi connectivity index (χ2n) is 3.68. The van der Waals surface area contributed by atoms with Gasteiger partial charge in [0.1, 0.15) is 12.7 Å². The molecule has 0 saturated heterocycles. The van der Waals surface area contributed by atoms with E-state index in [4.69, 9.17) is 0 Å². The molecule has 0 saturated carbocycles. The van der Waals surface area contributed by atoms with Crippen molar-refractivity contribution < 1.29 is 0 Å². The molecule has 1 aromatic carbocycles. The number of benzene rings is 1. The Morgan fingerprint density at radius 2 is 1.79 bits per heavy atom. The minimum atomic E-state index is 1.16. The molecule has 0 unspecified atom stereocenters. The summed E-state index contributed by atoms with van der Waals surface area (Å²) in [6.07, 6.45) is 7.21. The number of hydrogen-bond donors (Lipinski definition) is 0. The molecule has 1 aromatic heterocycles. The minimum absolute atomic E-state index is 1.16. The van der Waals surface area contributed by atoms with E-state index in [0.29, 0.717) is 0 Å². The molecule has 0 amide bonds. The Morgan fingerprint density at radius 1 is 1.00 bits per heavy atom. The molecule has 0 N–H and O–H groups in total. The highest BCUT2D eigenvalue weighted by atomic mass is 15.2. The summed E-state index contributed by atoms with van der Waals surface area (Å²) in [5, 5.41) is 7.61. The van der Waals surface area contributed by atoms with Gasteiger partial charge in [-0.3, -0.25) is 4.57 Å². The van der Waals surface area contributed by atoms with Crippen LogP contribution in [0.25, 0.3) is 5.69 Å². The molecule has 1 heterocycles. The lowest BCUT2D eigenvalue weighted by molar-refractivity contribution is 0.911. The normalized spacial score (nSPS) is 14.3. The van der Waals surface area contributed by atoms with E-state index in [-0.39, 0.29) is 0 Å². The lowest BCUT2D eigenvalue weighted by atomic mass is 10.1. The molecule has 2 aromatic rings. The first-order valence-electron chi connectivity index (χ1n) is 4.90. The molecule has 3 heteroatoms. The first-order valence-corrected chi connectivity index (χ1v) is 4.90. The molecule has 3 nitrogen and oxygen atoms in total. The zero-order valence-corrected chi connectivity index (χ0v) is 7.85. The summed E-state index contributed by atoms with van der Waals surface area (Å²) in [6.45, 7) is 0. The van der Waals surface area contributed by atoms with Crippen LogP contribution in [0.3, 0.4) is 0 Å². The standard InChI is InChI=1S/C11H11N3/c1-2-9-4-5-11(6-10(9)3-1)14-7-12-13-8-14/h4-8H,1-3H2. The Kier molecular flexibility index (Phi) is 1.63. The van der Waals surface area contributed by atoms with Gasteiger partial charge in [-0.25, -0.2) is 0 Å². The fraction of sp³-hybridized carbons (Fsp3) is 0.273. The Bertz CT molecular complexity index is 446. The number of aromatic nitrogens is 3. The van der Waals surface area contributed by atoms with E-state index in [0.717, 1.165) is 5.69 Å². The second-order valence-corrected chi connectivity index (χ2v) is 3.68. The molecule has 0 radical (unpaired) electrons. The topological polar surface area (TPSA) is 30.7 Å². The molecule has 0 spiro atoms. The maximum absolute atomic E-state index is 3.81. The van der Waals surface area contributed by atoms with Crippen LogP contribution in [-0.2, 0) is 12.8 Å². The zero-order valence-electron chi connectivity index (χ0n) is 7.85. The quantitative estimate of drug-likeness (QED) is 0.677. The van der Waals surface area contributed by atoms with Crippen molar-refractivity contribution in [2.24, 2.45) is 0 Å². The molecule has 3 rings (SSSR count). The van der Waals surface area contributed by atoms with Crippen molar-refractivity contribution in [3.8, 4) is 5.69 Å². The molecule has 1 aliphatic carbocycles. The molecule has 0 atom stereocenters. The van der Waals surface area contributed by atoms with Gasteiger partial charge in [-0.05, 0) is 42.5 Å². The first kappa shape index (κ1) is 7.74. The third-order valence-electron chi connectivity index (χ3n) is 2.80. The van der Waals surface area contributed by atoms with Gasteiger partial charge in [0, 0.05) is 5.69 Å². The van der Waals surface area contributed by atoms with Gasteiger partial charge >= 0.3 is 0 Å². The van der Waals surface area contributed by atoms with Gasteiger partial charge < -0.3 is 0 Å². The molecule has 1 aliphatic rings. The van der Waals surface area contributed by atoms with E-state index in [2.05, 4.69) is 28.4 Å². The van der Waals surface area contributed by atoms with Gasteiger partial charge in [0.05, 0.1) is 0 Å². The fourth-order valence-corrected chi connectivity index (χ4v) is 2.05. The highest BCUT2D eigenvalue weighted by Crippen LogP contribution is 2.23. The van der Waals surface area contributed by atoms with Crippen LogP contribution in [0.4, 0.5) is 0 Å². The Balaban J connectivity index is 2.09. The summed E-state index contributed by atoms with van der Waals surface area (Å²) in [5.74, 6) is 0. The summed E-state index contributed by atoms with van der Waals surface area (Å²) in [4.78, 5) is 0. The van der Waals surface area contributed by atoms with Gasteiger partial charge in [0.15, 0.2) is 0 Å². The summed E-state index contributed by atoms with van der Waals surface area (Å²) >= 11 is 0. The SMILES string of the molecule is c1cc2c(cc1-n1cnnc1)CCC2.